The van der Waals surface area contributed by atoms with Crippen LogP contribution in [-0.2, 0) is 0 Å². The topological polar surface area (TPSA) is 12.0 Å². The smallest absolute Gasteiger partial charge is 0.116 e. The van der Waals surface area contributed by atoms with Crippen molar-refractivity contribution in [1.29, 1.82) is 0 Å². The number of hydrogen-bond donors (Lipinski definition) is 1. The maximum Gasteiger partial charge on any atom is 0.116 e. The van der Waals surface area contributed by atoms with Crippen molar-refractivity contribution >= 4 is 16.5 Å². The second-order valence-corrected chi connectivity index (χ2v) is 19.2. The first-order valence-electron chi connectivity index (χ1n) is 10.7. The minimum Gasteiger partial charge on any atom is -0.359 e. The average Bonchev–Trinajstić information content (AvgIpc) is 2.34. The molecule has 0 bridgehead atoms. The van der Waals surface area contributed by atoms with Crippen molar-refractivity contribution in [2.45, 2.75) is 127 Å². The van der Waals surface area contributed by atoms with Crippen LogP contribution in [-0.4, -0.2) is 16.5 Å². The molecule has 0 atom stereocenters. The molecule has 0 aromatic carbocycles. The van der Waals surface area contributed by atoms with Gasteiger partial charge in [-0.15, -0.1) is 0 Å². The first kappa shape index (κ1) is 19.7. The molecule has 3 heteroatoms. The SMILES string of the molecule is C[Si](C)(N[Si](C)(C)C1CCCCCCC1)C1CCCCCCC1. The Hall–Kier alpha value is 0.394. The highest BCUT2D eigenvalue weighted by atomic mass is 28.4. The normalized spacial score (nSPS) is 24.5. The van der Waals surface area contributed by atoms with Crippen molar-refractivity contribution in [2.75, 3.05) is 0 Å². The fourth-order valence-corrected chi connectivity index (χ4v) is 17.4. The van der Waals surface area contributed by atoms with Gasteiger partial charge >= 0.3 is 0 Å². The van der Waals surface area contributed by atoms with E-state index in [9.17, 15) is 0 Å². The molecule has 1 N–H and O–H groups in total. The molecular formula is C20H43NSi2. The molecule has 0 saturated heterocycles. The Kier molecular flexibility index (Phi) is 7.88. The average molecular weight is 354 g/mol. The Morgan fingerprint density at radius 1 is 0.478 bits per heavy atom. The summed E-state index contributed by atoms with van der Waals surface area (Å²) in [5, 5.41) is 0. The Morgan fingerprint density at radius 3 is 1.04 bits per heavy atom. The van der Waals surface area contributed by atoms with Crippen LogP contribution >= 0.6 is 0 Å². The molecule has 0 spiro atoms. The van der Waals surface area contributed by atoms with Gasteiger partial charge < -0.3 is 4.65 Å². The molecule has 0 heterocycles. The van der Waals surface area contributed by atoms with Crippen molar-refractivity contribution in [2.24, 2.45) is 0 Å². The summed E-state index contributed by atoms with van der Waals surface area (Å²) in [4.78, 5) is 0. The van der Waals surface area contributed by atoms with Gasteiger partial charge in [-0.05, 0) is 11.1 Å². The van der Waals surface area contributed by atoms with E-state index in [2.05, 4.69) is 30.8 Å². The highest BCUT2D eigenvalue weighted by Crippen LogP contribution is 2.38. The highest BCUT2D eigenvalue weighted by Gasteiger charge is 2.40. The third-order valence-corrected chi connectivity index (χ3v) is 17.3. The van der Waals surface area contributed by atoms with E-state index in [1.54, 1.807) is 0 Å². The summed E-state index contributed by atoms with van der Waals surface area (Å²) in [6.45, 7) is 10.7. The Balaban J connectivity index is 1.97. The third kappa shape index (κ3) is 6.32. The summed E-state index contributed by atoms with van der Waals surface area (Å²) in [6, 6.07) is 0. The van der Waals surface area contributed by atoms with Crippen LogP contribution < -0.4 is 4.65 Å². The van der Waals surface area contributed by atoms with Crippen molar-refractivity contribution in [3.8, 4) is 0 Å². The summed E-state index contributed by atoms with van der Waals surface area (Å²) < 4.78 is 4.45. The summed E-state index contributed by atoms with van der Waals surface area (Å²) in [6.07, 6.45) is 21.0. The van der Waals surface area contributed by atoms with E-state index < -0.39 is 16.5 Å². The molecule has 0 aromatic heterocycles. The fraction of sp³-hybridized carbons (Fsp3) is 1.00. The van der Waals surface area contributed by atoms with E-state index in [1.165, 1.54) is 89.9 Å². The summed E-state index contributed by atoms with van der Waals surface area (Å²) in [5.41, 5.74) is 2.06. The zero-order valence-electron chi connectivity index (χ0n) is 16.6. The van der Waals surface area contributed by atoms with Gasteiger partial charge in [0.15, 0.2) is 0 Å². The van der Waals surface area contributed by atoms with Gasteiger partial charge in [-0.1, -0.05) is 116 Å². The van der Waals surface area contributed by atoms with E-state index in [-0.39, 0.29) is 0 Å². The van der Waals surface area contributed by atoms with Gasteiger partial charge in [0.2, 0.25) is 0 Å². The number of hydrogen-bond acceptors (Lipinski definition) is 1. The predicted octanol–water partition coefficient (Wildman–Crippen LogP) is 7.22. The molecular weight excluding hydrogens is 310 g/mol. The molecule has 0 unspecified atom stereocenters. The Bertz CT molecular complexity index is 293. The summed E-state index contributed by atoms with van der Waals surface area (Å²) in [7, 11) is -2.59. The maximum atomic E-state index is 4.45. The first-order chi connectivity index (χ1) is 10.9. The lowest BCUT2D eigenvalue weighted by atomic mass is 10.0. The molecule has 2 saturated carbocycles. The lowest BCUT2D eigenvalue weighted by Crippen LogP contribution is -2.63. The lowest BCUT2D eigenvalue weighted by molar-refractivity contribution is 0.487. The molecule has 136 valence electrons. The van der Waals surface area contributed by atoms with E-state index in [4.69, 9.17) is 0 Å². The molecule has 2 aliphatic carbocycles. The molecule has 2 rings (SSSR count). The minimum atomic E-state index is -1.29. The minimum absolute atomic E-state index is 1.03. The maximum absolute atomic E-state index is 4.45. The van der Waals surface area contributed by atoms with Gasteiger partial charge in [0.05, 0.1) is 0 Å². The Morgan fingerprint density at radius 2 is 0.739 bits per heavy atom. The van der Waals surface area contributed by atoms with E-state index >= 15 is 0 Å². The number of nitrogens with one attached hydrogen (secondary N) is 1. The van der Waals surface area contributed by atoms with Gasteiger partial charge in [-0.2, -0.15) is 0 Å². The Labute approximate surface area is 148 Å². The van der Waals surface area contributed by atoms with Crippen LogP contribution in [0.4, 0.5) is 0 Å². The van der Waals surface area contributed by atoms with Crippen molar-refractivity contribution < 1.29 is 0 Å². The van der Waals surface area contributed by atoms with Crippen LogP contribution in [0.3, 0.4) is 0 Å². The predicted molar refractivity (Wildman–Crippen MR) is 110 cm³/mol. The molecule has 1 nitrogen and oxygen atoms in total. The van der Waals surface area contributed by atoms with Gasteiger partial charge in [-0.3, -0.25) is 0 Å². The summed E-state index contributed by atoms with van der Waals surface area (Å²) in [5.74, 6) is 0. The molecule has 0 aliphatic heterocycles. The second-order valence-electron chi connectivity index (χ2n) is 9.65. The van der Waals surface area contributed by atoms with Crippen LogP contribution in [0.2, 0.25) is 37.3 Å². The summed E-state index contributed by atoms with van der Waals surface area (Å²) >= 11 is 0. The molecule has 23 heavy (non-hydrogen) atoms. The zero-order chi connectivity index (χ0) is 16.8. The van der Waals surface area contributed by atoms with Gasteiger partial charge in [0.1, 0.15) is 16.5 Å². The van der Waals surface area contributed by atoms with E-state index in [0.717, 1.165) is 11.1 Å². The molecule has 0 aromatic rings. The van der Waals surface area contributed by atoms with E-state index in [0.29, 0.717) is 0 Å². The zero-order valence-corrected chi connectivity index (χ0v) is 18.6. The van der Waals surface area contributed by atoms with Gasteiger partial charge in [0, 0.05) is 0 Å². The van der Waals surface area contributed by atoms with Crippen molar-refractivity contribution in [3.05, 3.63) is 0 Å². The standard InChI is InChI=1S/C20H43NSi2/c1-22(2,19-15-11-7-5-8-12-16-19)21-23(3,4)20-17-13-9-6-10-14-18-20/h19-21H,5-18H2,1-4H3. The van der Waals surface area contributed by atoms with Gasteiger partial charge in [-0.25, -0.2) is 0 Å². The molecule has 0 amide bonds. The lowest BCUT2D eigenvalue weighted by Gasteiger charge is -2.44. The van der Waals surface area contributed by atoms with Crippen molar-refractivity contribution in [1.82, 2.24) is 4.65 Å². The molecule has 0 radical (unpaired) electrons. The third-order valence-electron chi connectivity index (χ3n) is 6.90. The van der Waals surface area contributed by atoms with Crippen molar-refractivity contribution in [3.63, 3.8) is 0 Å². The largest absolute Gasteiger partial charge is 0.359 e. The molecule has 2 fully saturated rings. The quantitative estimate of drug-likeness (QED) is 0.526. The highest BCUT2D eigenvalue weighted by molar-refractivity contribution is 6.92. The molecule has 2 aliphatic rings. The van der Waals surface area contributed by atoms with E-state index in [1.807, 2.05) is 0 Å². The van der Waals surface area contributed by atoms with Crippen LogP contribution in [0.25, 0.3) is 0 Å². The first-order valence-corrected chi connectivity index (χ1v) is 16.9. The van der Waals surface area contributed by atoms with Crippen LogP contribution in [0.15, 0.2) is 0 Å². The second kappa shape index (κ2) is 9.19. The van der Waals surface area contributed by atoms with Gasteiger partial charge in [0.25, 0.3) is 0 Å². The fourth-order valence-electron chi connectivity index (χ4n) is 5.39. The van der Waals surface area contributed by atoms with Crippen LogP contribution in [0.5, 0.6) is 0 Å². The van der Waals surface area contributed by atoms with Crippen LogP contribution in [0.1, 0.15) is 89.9 Å². The number of rotatable bonds is 4. The monoisotopic (exact) mass is 353 g/mol. The van der Waals surface area contributed by atoms with Crippen LogP contribution in [0, 0.1) is 0 Å².